The smallest absolute Gasteiger partial charge is 0.0197 e. The number of aryl methyl sites for hydroxylation is 1. The van der Waals surface area contributed by atoms with Gasteiger partial charge in [-0.3, -0.25) is 0 Å². The molecule has 2 aromatic carbocycles. The van der Waals surface area contributed by atoms with Crippen LogP contribution >= 0.6 is 34.4 Å². The molecule has 1 aliphatic heterocycles. The normalized spacial score (nSPS) is 13.1. The Hall–Kier alpha value is -0.480. The van der Waals surface area contributed by atoms with E-state index in [1.807, 2.05) is 11.8 Å². The van der Waals surface area contributed by atoms with Crippen LogP contribution in [-0.4, -0.2) is 0 Å². The van der Waals surface area contributed by atoms with Gasteiger partial charge in [-0.1, -0.05) is 36.0 Å². The molecule has 0 atom stereocenters. The van der Waals surface area contributed by atoms with Gasteiger partial charge in [-0.05, 0) is 58.3 Å². The fourth-order valence-electron chi connectivity index (χ4n) is 2.08. The van der Waals surface area contributed by atoms with E-state index in [-0.39, 0.29) is 0 Å². The molecule has 0 amide bonds. The summed E-state index contributed by atoms with van der Waals surface area (Å²) in [6.07, 6.45) is 1.08. The number of benzene rings is 2. The number of rotatable bonds is 0. The molecule has 1 heterocycles. The predicted octanol–water partition coefficient (Wildman–Crippen LogP) is 4.66. The maximum absolute atomic E-state index is 2.45. The van der Waals surface area contributed by atoms with Crippen molar-refractivity contribution >= 4 is 34.4 Å². The fraction of sp³-hybridized carbons (Fsp3) is 0.143. The third kappa shape index (κ3) is 1.68. The number of hydrogen-bond acceptors (Lipinski definition) is 1. The van der Waals surface area contributed by atoms with Gasteiger partial charge in [0.05, 0.1) is 0 Å². The average molecular weight is 338 g/mol. The van der Waals surface area contributed by atoms with Crippen LogP contribution in [0.5, 0.6) is 0 Å². The molecule has 0 N–H and O–H groups in total. The van der Waals surface area contributed by atoms with Gasteiger partial charge < -0.3 is 0 Å². The van der Waals surface area contributed by atoms with Gasteiger partial charge in [-0.25, -0.2) is 0 Å². The topological polar surface area (TPSA) is 0 Å². The summed E-state index contributed by atoms with van der Waals surface area (Å²) in [4.78, 5) is 2.88. The molecular formula is C14H11IS. The van der Waals surface area contributed by atoms with Gasteiger partial charge in [0.2, 0.25) is 0 Å². The summed E-state index contributed by atoms with van der Waals surface area (Å²) >= 11 is 4.36. The molecule has 0 aliphatic carbocycles. The average Bonchev–Trinajstić information content (AvgIpc) is 2.32. The van der Waals surface area contributed by atoms with Crippen LogP contribution in [0, 0.1) is 10.5 Å². The van der Waals surface area contributed by atoms with Gasteiger partial charge >= 0.3 is 0 Å². The van der Waals surface area contributed by atoms with Crippen LogP contribution in [-0.2, 0) is 6.42 Å². The summed E-state index contributed by atoms with van der Waals surface area (Å²) in [5.74, 6) is 0. The Morgan fingerprint density at radius 1 is 1.12 bits per heavy atom. The Morgan fingerprint density at radius 2 is 1.94 bits per heavy atom. The fourth-order valence-corrected chi connectivity index (χ4v) is 4.07. The van der Waals surface area contributed by atoms with Crippen molar-refractivity contribution in [3.63, 3.8) is 0 Å². The summed E-state index contributed by atoms with van der Waals surface area (Å²) in [5, 5.41) is 0. The Bertz CT molecular complexity index is 511. The Labute approximate surface area is 114 Å². The molecule has 0 aromatic heterocycles. The minimum Gasteiger partial charge on any atom is -0.0892 e. The SMILES string of the molecule is Cc1ccc(I)c2c1Sc1ccccc1C2. The quantitative estimate of drug-likeness (QED) is 0.538. The first kappa shape index (κ1) is 10.7. The van der Waals surface area contributed by atoms with Crippen LogP contribution in [0.15, 0.2) is 46.2 Å². The minimum atomic E-state index is 1.08. The van der Waals surface area contributed by atoms with Gasteiger partial charge in [0.1, 0.15) is 0 Å². The third-order valence-electron chi connectivity index (χ3n) is 2.95. The second kappa shape index (κ2) is 4.08. The van der Waals surface area contributed by atoms with Crippen molar-refractivity contribution in [2.45, 2.75) is 23.1 Å². The third-order valence-corrected chi connectivity index (χ3v) is 5.35. The van der Waals surface area contributed by atoms with Crippen LogP contribution in [0.2, 0.25) is 0 Å². The van der Waals surface area contributed by atoms with Crippen molar-refractivity contribution in [3.05, 3.63) is 56.7 Å². The minimum absolute atomic E-state index is 1.08. The van der Waals surface area contributed by atoms with Crippen molar-refractivity contribution in [2.24, 2.45) is 0 Å². The second-order valence-electron chi connectivity index (χ2n) is 4.06. The summed E-state index contributed by atoms with van der Waals surface area (Å²) in [6, 6.07) is 13.2. The van der Waals surface area contributed by atoms with E-state index in [2.05, 4.69) is 65.9 Å². The molecule has 3 rings (SSSR count). The molecular weight excluding hydrogens is 327 g/mol. The molecule has 0 radical (unpaired) electrons. The molecule has 0 unspecified atom stereocenters. The molecule has 0 saturated heterocycles. The largest absolute Gasteiger partial charge is 0.0892 e. The predicted molar refractivity (Wildman–Crippen MR) is 77.3 cm³/mol. The standard InChI is InChI=1S/C14H11IS/c1-9-6-7-12(15)11-8-10-4-2-3-5-13(10)16-14(9)11/h2-7H,8H2,1H3. The van der Waals surface area contributed by atoms with Crippen LogP contribution in [0.25, 0.3) is 0 Å². The van der Waals surface area contributed by atoms with Crippen molar-refractivity contribution in [2.75, 3.05) is 0 Å². The lowest BCUT2D eigenvalue weighted by Gasteiger charge is -2.21. The van der Waals surface area contributed by atoms with Crippen molar-refractivity contribution in [3.8, 4) is 0 Å². The zero-order chi connectivity index (χ0) is 11.1. The molecule has 2 aromatic rings. The van der Waals surface area contributed by atoms with Crippen LogP contribution < -0.4 is 0 Å². The molecule has 0 fully saturated rings. The van der Waals surface area contributed by atoms with E-state index in [1.54, 1.807) is 0 Å². The number of fused-ring (bicyclic) bond motifs is 2. The van der Waals surface area contributed by atoms with Gasteiger partial charge in [0.25, 0.3) is 0 Å². The van der Waals surface area contributed by atoms with E-state index in [0.29, 0.717) is 0 Å². The Morgan fingerprint density at radius 3 is 2.81 bits per heavy atom. The molecule has 80 valence electrons. The molecule has 0 bridgehead atoms. The van der Waals surface area contributed by atoms with E-state index in [4.69, 9.17) is 0 Å². The summed E-state index contributed by atoms with van der Waals surface area (Å²) < 4.78 is 1.39. The maximum Gasteiger partial charge on any atom is 0.0197 e. The van der Waals surface area contributed by atoms with Crippen LogP contribution in [0.1, 0.15) is 16.7 Å². The highest BCUT2D eigenvalue weighted by Crippen LogP contribution is 2.42. The lowest BCUT2D eigenvalue weighted by Crippen LogP contribution is -2.03. The molecule has 16 heavy (non-hydrogen) atoms. The summed E-state index contributed by atoms with van der Waals surface area (Å²) in [5.41, 5.74) is 4.36. The van der Waals surface area contributed by atoms with Crippen molar-refractivity contribution < 1.29 is 0 Å². The zero-order valence-corrected chi connectivity index (χ0v) is 11.9. The van der Waals surface area contributed by atoms with E-state index in [9.17, 15) is 0 Å². The first-order chi connectivity index (χ1) is 7.75. The summed E-state index contributed by atoms with van der Waals surface area (Å²) in [7, 11) is 0. The maximum atomic E-state index is 2.45. The number of hydrogen-bond donors (Lipinski definition) is 0. The first-order valence-corrected chi connectivity index (χ1v) is 7.19. The molecule has 0 spiro atoms. The van der Waals surface area contributed by atoms with E-state index in [1.165, 1.54) is 30.1 Å². The molecule has 0 saturated carbocycles. The van der Waals surface area contributed by atoms with Crippen molar-refractivity contribution in [1.82, 2.24) is 0 Å². The Kier molecular flexibility index (Phi) is 2.72. The molecule has 2 heteroatoms. The van der Waals surface area contributed by atoms with Gasteiger partial charge in [0, 0.05) is 19.8 Å². The highest BCUT2D eigenvalue weighted by Gasteiger charge is 2.19. The monoisotopic (exact) mass is 338 g/mol. The summed E-state index contributed by atoms with van der Waals surface area (Å²) in [6.45, 7) is 2.20. The Balaban J connectivity index is 2.19. The highest BCUT2D eigenvalue weighted by molar-refractivity contribution is 14.1. The van der Waals surface area contributed by atoms with E-state index < -0.39 is 0 Å². The lowest BCUT2D eigenvalue weighted by molar-refractivity contribution is 1.02. The lowest BCUT2D eigenvalue weighted by atomic mass is 10.0. The van der Waals surface area contributed by atoms with E-state index in [0.717, 1.165) is 6.42 Å². The van der Waals surface area contributed by atoms with Crippen LogP contribution in [0.4, 0.5) is 0 Å². The van der Waals surface area contributed by atoms with Gasteiger partial charge in [0.15, 0.2) is 0 Å². The second-order valence-corrected chi connectivity index (χ2v) is 6.27. The van der Waals surface area contributed by atoms with Crippen molar-refractivity contribution in [1.29, 1.82) is 0 Å². The first-order valence-electron chi connectivity index (χ1n) is 5.29. The van der Waals surface area contributed by atoms with Crippen LogP contribution in [0.3, 0.4) is 0 Å². The zero-order valence-electron chi connectivity index (χ0n) is 8.96. The number of halogens is 1. The highest BCUT2D eigenvalue weighted by atomic mass is 127. The van der Waals surface area contributed by atoms with E-state index >= 15 is 0 Å². The van der Waals surface area contributed by atoms with Gasteiger partial charge in [-0.2, -0.15) is 0 Å². The molecule has 1 aliphatic rings. The van der Waals surface area contributed by atoms with Gasteiger partial charge in [-0.15, -0.1) is 0 Å². The molecule has 0 nitrogen and oxygen atoms in total.